The van der Waals surface area contributed by atoms with Gasteiger partial charge in [0.25, 0.3) is 0 Å². The first-order chi connectivity index (χ1) is 12.4. The van der Waals surface area contributed by atoms with E-state index in [1.807, 2.05) is 10.6 Å². The first kappa shape index (κ1) is 20.0. The van der Waals surface area contributed by atoms with Crippen molar-refractivity contribution in [1.82, 2.24) is 19.7 Å². The molecule has 142 valence electrons. The highest BCUT2D eigenvalue weighted by Crippen LogP contribution is 2.20. The molecule has 0 aliphatic heterocycles. The molecule has 2 rings (SSSR count). The van der Waals surface area contributed by atoms with Gasteiger partial charge < -0.3 is 19.6 Å². The van der Waals surface area contributed by atoms with Crippen molar-refractivity contribution in [2.75, 3.05) is 12.8 Å². The van der Waals surface area contributed by atoms with E-state index in [1.165, 1.54) is 11.8 Å². The Balaban J connectivity index is 1.98. The summed E-state index contributed by atoms with van der Waals surface area (Å²) < 4.78 is 7.23. The van der Waals surface area contributed by atoms with Gasteiger partial charge in [-0.3, -0.25) is 9.59 Å². The van der Waals surface area contributed by atoms with Gasteiger partial charge in [0.15, 0.2) is 5.16 Å². The topological polar surface area (TPSA) is 107 Å². The molecular formula is C17H25N5O3S. The van der Waals surface area contributed by atoms with Crippen LogP contribution in [0.3, 0.4) is 0 Å². The number of aryl methyl sites for hydroxylation is 1. The van der Waals surface area contributed by atoms with Crippen molar-refractivity contribution in [3.63, 3.8) is 0 Å². The molecule has 0 bridgehead atoms. The van der Waals surface area contributed by atoms with Crippen LogP contribution in [0.25, 0.3) is 0 Å². The van der Waals surface area contributed by atoms with Gasteiger partial charge in [-0.25, -0.2) is 0 Å². The number of nitrogens with zero attached hydrogens (tertiary/aromatic N) is 4. The summed E-state index contributed by atoms with van der Waals surface area (Å²) in [5, 5.41) is 9.04. The summed E-state index contributed by atoms with van der Waals surface area (Å²) in [6.45, 7) is 5.33. The van der Waals surface area contributed by atoms with Gasteiger partial charge in [0.05, 0.1) is 18.6 Å². The van der Waals surface area contributed by atoms with E-state index >= 15 is 0 Å². The normalized spacial score (nSPS) is 11.1. The molecular weight excluding hydrogens is 354 g/mol. The average Bonchev–Trinajstić information content (AvgIpc) is 3.20. The Bertz CT molecular complexity index is 727. The maximum absolute atomic E-state index is 12.3. The molecule has 0 unspecified atom stereocenters. The lowest BCUT2D eigenvalue weighted by Crippen LogP contribution is -2.27. The van der Waals surface area contributed by atoms with Crippen LogP contribution in [-0.2, 0) is 29.1 Å². The lowest BCUT2D eigenvalue weighted by Gasteiger charge is -2.16. The minimum absolute atomic E-state index is 0.0239. The number of primary amides is 1. The number of furan rings is 1. The Labute approximate surface area is 157 Å². The number of carbonyl (C=O) groups is 2. The van der Waals surface area contributed by atoms with Crippen LogP contribution in [0.1, 0.15) is 31.9 Å². The number of hydrogen-bond donors (Lipinski definition) is 1. The predicted molar refractivity (Wildman–Crippen MR) is 98.3 cm³/mol. The minimum Gasteiger partial charge on any atom is -0.467 e. The third-order valence-corrected chi connectivity index (χ3v) is 4.61. The van der Waals surface area contributed by atoms with Crippen molar-refractivity contribution >= 4 is 23.6 Å². The fourth-order valence-electron chi connectivity index (χ4n) is 2.36. The van der Waals surface area contributed by atoms with E-state index in [1.54, 1.807) is 24.3 Å². The molecule has 9 heteroatoms. The molecule has 0 fully saturated rings. The second kappa shape index (κ2) is 9.42. The zero-order chi connectivity index (χ0) is 19.1. The molecule has 0 saturated heterocycles. The number of amides is 2. The van der Waals surface area contributed by atoms with Gasteiger partial charge in [-0.1, -0.05) is 25.6 Å². The lowest BCUT2D eigenvalue weighted by atomic mass is 10.2. The van der Waals surface area contributed by atoms with Crippen molar-refractivity contribution in [3.05, 3.63) is 30.0 Å². The van der Waals surface area contributed by atoms with Crippen molar-refractivity contribution in [2.45, 2.75) is 44.9 Å². The Morgan fingerprint density at radius 2 is 2.15 bits per heavy atom. The van der Waals surface area contributed by atoms with Crippen LogP contribution in [0.4, 0.5) is 0 Å². The number of rotatable bonds is 10. The lowest BCUT2D eigenvalue weighted by molar-refractivity contribution is -0.127. The van der Waals surface area contributed by atoms with Crippen LogP contribution in [0.2, 0.25) is 0 Å². The molecule has 0 spiro atoms. The maximum atomic E-state index is 12.3. The van der Waals surface area contributed by atoms with Crippen molar-refractivity contribution in [3.8, 4) is 0 Å². The first-order valence-electron chi connectivity index (χ1n) is 8.46. The van der Waals surface area contributed by atoms with Crippen molar-refractivity contribution < 1.29 is 14.0 Å². The molecule has 0 radical (unpaired) electrons. The minimum atomic E-state index is -0.368. The monoisotopic (exact) mass is 379 g/mol. The highest BCUT2D eigenvalue weighted by molar-refractivity contribution is 7.99. The molecule has 8 nitrogen and oxygen atoms in total. The quantitative estimate of drug-likeness (QED) is 0.630. The average molecular weight is 379 g/mol. The fraction of sp³-hybridized carbons (Fsp3) is 0.529. The van der Waals surface area contributed by atoms with Gasteiger partial charge >= 0.3 is 0 Å². The van der Waals surface area contributed by atoms with E-state index in [0.717, 1.165) is 18.1 Å². The van der Waals surface area contributed by atoms with Gasteiger partial charge in [-0.2, -0.15) is 0 Å². The molecule has 2 aromatic heterocycles. The molecule has 2 N–H and O–H groups in total. The maximum Gasteiger partial charge on any atom is 0.233 e. The van der Waals surface area contributed by atoms with Crippen LogP contribution in [-0.4, -0.2) is 44.3 Å². The second-order valence-electron chi connectivity index (χ2n) is 6.49. The third-order valence-electron chi connectivity index (χ3n) is 3.66. The molecule has 2 aromatic rings. The summed E-state index contributed by atoms with van der Waals surface area (Å²) in [5.41, 5.74) is 5.23. The molecule has 26 heavy (non-hydrogen) atoms. The third kappa shape index (κ3) is 5.91. The van der Waals surface area contributed by atoms with E-state index in [-0.39, 0.29) is 24.0 Å². The molecule has 2 heterocycles. The summed E-state index contributed by atoms with van der Waals surface area (Å²) in [6.07, 6.45) is 2.26. The largest absolute Gasteiger partial charge is 0.467 e. The Morgan fingerprint density at radius 1 is 1.38 bits per heavy atom. The number of hydrogen-bond acceptors (Lipinski definition) is 6. The van der Waals surface area contributed by atoms with E-state index in [9.17, 15) is 9.59 Å². The number of carbonyl (C=O) groups excluding carboxylic acids is 2. The van der Waals surface area contributed by atoms with Crippen molar-refractivity contribution in [2.24, 2.45) is 11.7 Å². The smallest absolute Gasteiger partial charge is 0.233 e. The number of thioether (sulfide) groups is 1. The summed E-state index contributed by atoms with van der Waals surface area (Å²) in [7, 11) is 1.74. The molecule has 0 aliphatic rings. The van der Waals surface area contributed by atoms with Crippen LogP contribution in [0.15, 0.2) is 28.0 Å². The molecule has 2 amide bonds. The zero-order valence-electron chi connectivity index (χ0n) is 15.3. The summed E-state index contributed by atoms with van der Waals surface area (Å²) >= 11 is 1.34. The van der Waals surface area contributed by atoms with Crippen LogP contribution in [0.5, 0.6) is 0 Å². The Kier molecular flexibility index (Phi) is 7.26. The zero-order valence-corrected chi connectivity index (χ0v) is 16.2. The van der Waals surface area contributed by atoms with Gasteiger partial charge in [0, 0.05) is 26.4 Å². The molecule has 0 aliphatic carbocycles. The van der Waals surface area contributed by atoms with E-state index < -0.39 is 0 Å². The van der Waals surface area contributed by atoms with E-state index in [4.69, 9.17) is 10.2 Å². The van der Waals surface area contributed by atoms with Crippen LogP contribution < -0.4 is 5.73 Å². The first-order valence-corrected chi connectivity index (χ1v) is 9.45. The van der Waals surface area contributed by atoms with Crippen molar-refractivity contribution in [1.29, 1.82) is 0 Å². The summed E-state index contributed by atoms with van der Waals surface area (Å²) in [4.78, 5) is 25.0. The fourth-order valence-corrected chi connectivity index (χ4v) is 3.26. The molecule has 0 aromatic carbocycles. The highest BCUT2D eigenvalue weighted by atomic mass is 32.2. The highest BCUT2D eigenvalue weighted by Gasteiger charge is 2.17. The SMILES string of the molecule is CC(C)Cn1c(CCC(N)=O)nnc1SCC(=O)N(C)Cc1ccco1. The van der Waals surface area contributed by atoms with Gasteiger partial charge in [0.1, 0.15) is 11.6 Å². The summed E-state index contributed by atoms with van der Waals surface area (Å²) in [6, 6.07) is 3.63. The Hall–Kier alpha value is -2.29. The second-order valence-corrected chi connectivity index (χ2v) is 7.43. The summed E-state index contributed by atoms with van der Waals surface area (Å²) in [5.74, 6) is 1.70. The van der Waals surface area contributed by atoms with Gasteiger partial charge in [0.2, 0.25) is 11.8 Å². The number of nitrogens with two attached hydrogens (primary N) is 1. The standard InChI is InChI=1S/C17H25N5O3S/c1-12(2)9-22-15(7-6-14(18)23)19-20-17(22)26-11-16(24)21(3)10-13-5-4-8-25-13/h4-5,8,12H,6-7,9-11H2,1-3H3,(H2,18,23). The van der Waals surface area contributed by atoms with E-state index in [2.05, 4.69) is 24.0 Å². The van der Waals surface area contributed by atoms with Gasteiger partial charge in [-0.05, 0) is 18.1 Å². The predicted octanol–water partition coefficient (Wildman–Crippen LogP) is 1.70. The van der Waals surface area contributed by atoms with Crippen LogP contribution in [0, 0.1) is 5.92 Å². The van der Waals surface area contributed by atoms with Gasteiger partial charge in [-0.15, -0.1) is 10.2 Å². The Morgan fingerprint density at radius 3 is 2.77 bits per heavy atom. The van der Waals surface area contributed by atoms with Crippen LogP contribution >= 0.6 is 11.8 Å². The van der Waals surface area contributed by atoms with E-state index in [0.29, 0.717) is 24.0 Å². The molecule has 0 saturated carbocycles. The number of aromatic nitrogens is 3. The molecule has 0 atom stereocenters.